The van der Waals surface area contributed by atoms with Crippen LogP contribution in [0, 0.1) is 5.92 Å². The molecule has 0 saturated heterocycles. The van der Waals surface area contributed by atoms with Gasteiger partial charge in [-0.1, -0.05) is 37.0 Å². The molecule has 0 bridgehead atoms. The van der Waals surface area contributed by atoms with Gasteiger partial charge in [0, 0.05) is 16.7 Å². The zero-order valence-electron chi connectivity index (χ0n) is 11.8. The van der Waals surface area contributed by atoms with Crippen molar-refractivity contribution in [3.05, 3.63) is 27.7 Å². The molecule has 0 saturated carbocycles. The maximum atomic E-state index is 12.2. The number of rotatable bonds is 5. The number of hydrogen-bond donors (Lipinski definition) is 1. The topological polar surface area (TPSA) is 63.2 Å². The summed E-state index contributed by atoms with van der Waals surface area (Å²) in [6.45, 7) is 5.94. The highest BCUT2D eigenvalue weighted by Gasteiger charge is 2.21. The third-order valence-electron chi connectivity index (χ3n) is 2.73. The van der Waals surface area contributed by atoms with Gasteiger partial charge in [0.2, 0.25) is 0 Å². The molecule has 0 aliphatic carbocycles. The maximum Gasteiger partial charge on any atom is 0.262 e. The largest absolute Gasteiger partial charge is 0.350 e. The van der Waals surface area contributed by atoms with Gasteiger partial charge in [0.25, 0.3) is 15.0 Å². The zero-order valence-corrected chi connectivity index (χ0v) is 14.9. The van der Waals surface area contributed by atoms with E-state index in [1.54, 1.807) is 0 Å². The van der Waals surface area contributed by atoms with E-state index in [2.05, 4.69) is 5.32 Å². The molecule has 0 spiro atoms. The second-order valence-electron chi connectivity index (χ2n) is 5.20. The molecule has 0 fully saturated rings. The van der Waals surface area contributed by atoms with Gasteiger partial charge in [0.05, 0.1) is 15.6 Å². The molecule has 4 nitrogen and oxygen atoms in total. The van der Waals surface area contributed by atoms with Crippen LogP contribution in [0.3, 0.4) is 0 Å². The Morgan fingerprint density at radius 1 is 1.19 bits per heavy atom. The van der Waals surface area contributed by atoms with Gasteiger partial charge >= 0.3 is 0 Å². The van der Waals surface area contributed by atoms with Crippen molar-refractivity contribution in [2.24, 2.45) is 5.92 Å². The lowest BCUT2D eigenvalue weighted by atomic mass is 10.0. The smallest absolute Gasteiger partial charge is 0.262 e. The van der Waals surface area contributed by atoms with Gasteiger partial charge in [-0.2, -0.15) is 0 Å². The molecule has 1 unspecified atom stereocenters. The Morgan fingerprint density at radius 2 is 1.76 bits per heavy atom. The van der Waals surface area contributed by atoms with Crippen LogP contribution in [0.2, 0.25) is 10.0 Å². The van der Waals surface area contributed by atoms with Crippen LogP contribution in [0.1, 0.15) is 37.6 Å². The van der Waals surface area contributed by atoms with Crippen molar-refractivity contribution in [1.29, 1.82) is 0 Å². The van der Waals surface area contributed by atoms with Crippen LogP contribution in [0.25, 0.3) is 0 Å². The molecule has 1 N–H and O–H groups in total. The summed E-state index contributed by atoms with van der Waals surface area (Å²) in [6, 6.07) is 2.21. The molecule has 1 amide bonds. The van der Waals surface area contributed by atoms with Gasteiger partial charge in [0.1, 0.15) is 4.90 Å². The summed E-state index contributed by atoms with van der Waals surface area (Å²) < 4.78 is 22.8. The summed E-state index contributed by atoms with van der Waals surface area (Å²) in [5.41, 5.74) is 0.0240. The quantitative estimate of drug-likeness (QED) is 0.792. The van der Waals surface area contributed by atoms with Gasteiger partial charge < -0.3 is 5.32 Å². The first kappa shape index (κ1) is 18.6. The number of halogens is 3. The lowest BCUT2D eigenvalue weighted by Crippen LogP contribution is -2.33. The van der Waals surface area contributed by atoms with Crippen LogP contribution < -0.4 is 5.32 Å². The van der Waals surface area contributed by atoms with Crippen LogP contribution in [0.4, 0.5) is 0 Å². The van der Waals surface area contributed by atoms with Gasteiger partial charge in [0.15, 0.2) is 0 Å². The molecule has 0 aliphatic heterocycles. The van der Waals surface area contributed by atoms with E-state index in [1.165, 1.54) is 6.07 Å². The summed E-state index contributed by atoms with van der Waals surface area (Å²) in [5.74, 6) is -0.0499. The summed E-state index contributed by atoms with van der Waals surface area (Å²) in [7, 11) is 1.23. The van der Waals surface area contributed by atoms with Gasteiger partial charge in [-0.15, -0.1) is 0 Å². The van der Waals surface area contributed by atoms with Gasteiger partial charge in [-0.3, -0.25) is 4.79 Å². The van der Waals surface area contributed by atoms with E-state index in [-0.39, 0.29) is 26.5 Å². The first-order valence-electron chi connectivity index (χ1n) is 6.27. The van der Waals surface area contributed by atoms with Crippen LogP contribution in [0.15, 0.2) is 17.0 Å². The van der Waals surface area contributed by atoms with Crippen molar-refractivity contribution in [2.45, 2.75) is 38.1 Å². The Bertz CT molecular complexity index is 644. The fourth-order valence-corrected chi connectivity index (χ4v) is 3.78. The van der Waals surface area contributed by atoms with E-state index in [0.29, 0.717) is 5.92 Å². The van der Waals surface area contributed by atoms with Crippen molar-refractivity contribution in [3.63, 3.8) is 0 Å². The molecule has 21 heavy (non-hydrogen) atoms. The van der Waals surface area contributed by atoms with Crippen LogP contribution in [-0.4, -0.2) is 20.4 Å². The highest BCUT2D eigenvalue weighted by Crippen LogP contribution is 2.30. The molecule has 1 aromatic rings. The minimum absolute atomic E-state index is 0.0240. The second-order valence-corrected chi connectivity index (χ2v) is 8.55. The second kappa shape index (κ2) is 7.18. The van der Waals surface area contributed by atoms with E-state index >= 15 is 0 Å². The summed E-state index contributed by atoms with van der Waals surface area (Å²) in [5, 5.41) is 2.71. The highest BCUT2D eigenvalue weighted by molar-refractivity contribution is 8.13. The van der Waals surface area contributed by atoms with E-state index < -0.39 is 15.0 Å². The lowest BCUT2D eigenvalue weighted by Gasteiger charge is -2.17. The highest BCUT2D eigenvalue weighted by atomic mass is 35.7. The van der Waals surface area contributed by atoms with Crippen molar-refractivity contribution in [1.82, 2.24) is 5.32 Å². The normalized spacial score (nSPS) is 13.3. The Hall–Kier alpha value is -0.490. The number of nitrogens with one attached hydrogen (secondary N) is 1. The molecule has 1 rings (SSSR count). The Kier molecular flexibility index (Phi) is 6.35. The van der Waals surface area contributed by atoms with Crippen LogP contribution >= 0.6 is 33.9 Å². The van der Waals surface area contributed by atoms with E-state index in [1.807, 2.05) is 20.8 Å². The first-order valence-corrected chi connectivity index (χ1v) is 9.33. The number of hydrogen-bond acceptors (Lipinski definition) is 3. The minimum atomic E-state index is -4.05. The van der Waals surface area contributed by atoms with Crippen LogP contribution in [0.5, 0.6) is 0 Å². The SMILES string of the molecule is CC(C)CC(C)NC(=O)c1cc(S(=O)(=O)Cl)c(Cl)cc1Cl. The monoisotopic (exact) mass is 371 g/mol. The molecular weight excluding hydrogens is 357 g/mol. The average Bonchev–Trinajstić information content (AvgIpc) is 2.24. The van der Waals surface area contributed by atoms with Crippen molar-refractivity contribution < 1.29 is 13.2 Å². The van der Waals surface area contributed by atoms with Crippen LogP contribution in [-0.2, 0) is 9.05 Å². The molecule has 8 heteroatoms. The molecule has 0 aliphatic rings. The molecule has 118 valence electrons. The average molecular weight is 373 g/mol. The van der Waals surface area contributed by atoms with Crippen molar-refractivity contribution in [2.75, 3.05) is 0 Å². The number of carbonyl (C=O) groups is 1. The molecular formula is C13H16Cl3NO3S. The fraction of sp³-hybridized carbons (Fsp3) is 0.462. The predicted molar refractivity (Wildman–Crippen MR) is 85.9 cm³/mol. The van der Waals surface area contributed by atoms with E-state index in [0.717, 1.165) is 12.5 Å². The summed E-state index contributed by atoms with van der Waals surface area (Å²) in [4.78, 5) is 11.8. The molecule has 0 heterocycles. The number of benzene rings is 1. The van der Waals surface area contributed by atoms with Gasteiger partial charge in [-0.05, 0) is 31.4 Å². The third-order valence-corrected chi connectivity index (χ3v) is 4.83. The predicted octanol–water partition coefficient (Wildman–Crippen LogP) is 4.09. The summed E-state index contributed by atoms with van der Waals surface area (Å²) >= 11 is 11.7. The van der Waals surface area contributed by atoms with E-state index in [4.69, 9.17) is 33.9 Å². The molecule has 0 aromatic heterocycles. The fourth-order valence-electron chi connectivity index (χ4n) is 1.96. The van der Waals surface area contributed by atoms with Crippen molar-refractivity contribution in [3.8, 4) is 0 Å². The minimum Gasteiger partial charge on any atom is -0.350 e. The summed E-state index contributed by atoms with van der Waals surface area (Å²) in [6.07, 6.45) is 0.789. The zero-order chi connectivity index (χ0) is 16.4. The van der Waals surface area contributed by atoms with Crippen molar-refractivity contribution >= 4 is 48.8 Å². The standard InChI is InChI=1S/C13H16Cl3NO3S/c1-7(2)4-8(3)17-13(18)9-5-12(21(16,19)20)11(15)6-10(9)14/h5-8H,4H2,1-3H3,(H,17,18). The first-order chi connectivity index (χ1) is 9.52. The number of carbonyl (C=O) groups excluding carboxylic acids is 1. The molecule has 1 aromatic carbocycles. The Morgan fingerprint density at radius 3 is 2.24 bits per heavy atom. The Labute approximate surface area is 139 Å². The third kappa shape index (κ3) is 5.33. The molecule has 1 atom stereocenters. The molecule has 0 radical (unpaired) electrons. The Balaban J connectivity index is 3.10. The number of amides is 1. The van der Waals surface area contributed by atoms with Gasteiger partial charge in [-0.25, -0.2) is 8.42 Å². The lowest BCUT2D eigenvalue weighted by molar-refractivity contribution is 0.0936. The maximum absolute atomic E-state index is 12.2. The van der Waals surface area contributed by atoms with E-state index in [9.17, 15) is 13.2 Å².